The van der Waals surface area contributed by atoms with Crippen molar-refractivity contribution in [1.29, 1.82) is 0 Å². The minimum absolute atomic E-state index is 0.0295. The number of Topliss-reactive ketones (excluding diaryl/α,β-unsaturated/α-hetero) is 1. The molecule has 1 heterocycles. The summed E-state index contributed by atoms with van der Waals surface area (Å²) >= 11 is 0. The summed E-state index contributed by atoms with van der Waals surface area (Å²) in [7, 11) is 2.53. The van der Waals surface area contributed by atoms with E-state index >= 15 is 0 Å². The molecule has 3 N–H and O–H groups in total. The predicted molar refractivity (Wildman–Crippen MR) is 196 cm³/mol. The lowest BCUT2D eigenvalue weighted by Crippen LogP contribution is -2.52. The fourth-order valence-electron chi connectivity index (χ4n) is 5.93. The number of nitrogens with zero attached hydrogens (tertiary/aromatic N) is 2. The van der Waals surface area contributed by atoms with E-state index in [1.165, 1.54) is 14.2 Å². The van der Waals surface area contributed by atoms with Crippen molar-refractivity contribution in [2.45, 2.75) is 79.5 Å². The Morgan fingerprint density at radius 3 is 2.00 bits per heavy atom. The van der Waals surface area contributed by atoms with E-state index in [2.05, 4.69) is 15.7 Å². The number of aromatic nitrogens is 1. The predicted octanol–water partition coefficient (Wildman–Crippen LogP) is 5.76. The van der Waals surface area contributed by atoms with Gasteiger partial charge < -0.3 is 19.9 Å². The molecule has 0 aliphatic rings. The van der Waals surface area contributed by atoms with Crippen LogP contribution in [0.4, 0.5) is 4.79 Å². The molecule has 0 fully saturated rings. The quantitative estimate of drug-likeness (QED) is 0.125. The first-order chi connectivity index (χ1) is 24.0. The minimum Gasteiger partial charge on any atom is -0.469 e. The number of hydrogen-bond acceptors (Lipinski definition) is 9. The monoisotopic (exact) mass is 702 g/mol. The van der Waals surface area contributed by atoms with E-state index in [0.29, 0.717) is 6.42 Å². The number of nitrogens with one attached hydrogen (secondary N) is 2. The summed E-state index contributed by atoms with van der Waals surface area (Å²) in [6.45, 7) is 11.4. The Morgan fingerprint density at radius 2 is 1.45 bits per heavy atom. The van der Waals surface area contributed by atoms with Crippen LogP contribution >= 0.6 is 0 Å². The van der Waals surface area contributed by atoms with Crippen LogP contribution in [0, 0.1) is 22.7 Å². The number of methoxy groups -OCH3 is 2. The lowest BCUT2D eigenvalue weighted by molar-refractivity contribution is -0.148. The Hall–Kier alpha value is -4.61. The number of ketones is 1. The minimum atomic E-state index is -1.09. The zero-order chi connectivity index (χ0) is 37.8. The first kappa shape index (κ1) is 40.8. The molecule has 11 nitrogen and oxygen atoms in total. The normalized spacial score (nSPS) is 14.2. The lowest BCUT2D eigenvalue weighted by atomic mass is 9.78. The first-order valence-corrected chi connectivity index (χ1v) is 17.2. The summed E-state index contributed by atoms with van der Waals surface area (Å²) in [5.41, 5.74) is 5.31. The standard InChI is InChI=1S/C40H54N4O7/c1-39(2,3)31(24-35(47)50-7)37(48)43-44(25-28-17-19-29(20-18-28)32-16-12-13-21-41-32)26-34(46)30(22-27-14-10-9-11-15-27)23-33(45)36(40(4,5)6)42-38(49)51-8/h9-21,30-31,34,36,46H,22-26H2,1-8H3,(H,42,49)(H,43,48)/t30-,31-,34+,36?/m1/s1. The number of aliphatic hydroxyl groups is 1. The number of carbonyl (C=O) groups is 4. The first-order valence-electron chi connectivity index (χ1n) is 17.2. The van der Waals surface area contributed by atoms with Crippen molar-refractivity contribution in [2.75, 3.05) is 20.8 Å². The van der Waals surface area contributed by atoms with E-state index in [1.54, 1.807) is 11.2 Å². The Kier molecular flexibility index (Phi) is 14.9. The maximum atomic E-state index is 13.9. The Labute approximate surface area is 302 Å². The van der Waals surface area contributed by atoms with Gasteiger partial charge in [0.2, 0.25) is 5.91 Å². The van der Waals surface area contributed by atoms with Gasteiger partial charge in [-0.15, -0.1) is 0 Å². The van der Waals surface area contributed by atoms with E-state index < -0.39 is 52.8 Å². The SMILES string of the molecule is COC(=O)C[C@H](C(=O)NN(Cc1ccc(-c2ccccn2)cc1)C[C@H](O)[C@@H](CC(=O)C(NC(=O)OC)C(C)(C)C)Cc1ccccc1)C(C)(C)C. The highest BCUT2D eigenvalue weighted by molar-refractivity contribution is 5.88. The molecule has 0 bridgehead atoms. The molecule has 0 spiro atoms. The van der Waals surface area contributed by atoms with Gasteiger partial charge in [-0.1, -0.05) is 102 Å². The Bertz CT molecular complexity index is 1570. The molecular formula is C40H54N4O7. The van der Waals surface area contributed by atoms with Gasteiger partial charge >= 0.3 is 12.1 Å². The van der Waals surface area contributed by atoms with Gasteiger partial charge in [0.15, 0.2) is 5.78 Å². The summed E-state index contributed by atoms with van der Waals surface area (Å²) in [4.78, 5) is 56.7. The topological polar surface area (TPSA) is 147 Å². The highest BCUT2D eigenvalue weighted by Crippen LogP contribution is 2.30. The number of benzene rings is 2. The maximum Gasteiger partial charge on any atom is 0.407 e. The molecule has 1 aromatic heterocycles. The molecule has 0 saturated heterocycles. The van der Waals surface area contributed by atoms with Crippen LogP contribution in [-0.2, 0) is 36.8 Å². The number of aliphatic hydroxyl groups excluding tert-OH is 1. The molecule has 4 atom stereocenters. The summed E-state index contributed by atoms with van der Waals surface area (Å²) in [6, 6.07) is 22.1. The Balaban J connectivity index is 1.96. The van der Waals surface area contributed by atoms with Gasteiger partial charge in [-0.3, -0.25) is 24.8 Å². The molecule has 51 heavy (non-hydrogen) atoms. The smallest absolute Gasteiger partial charge is 0.407 e. The van der Waals surface area contributed by atoms with Gasteiger partial charge in [-0.25, -0.2) is 9.80 Å². The van der Waals surface area contributed by atoms with E-state index in [9.17, 15) is 24.3 Å². The molecule has 11 heteroatoms. The highest BCUT2D eigenvalue weighted by Gasteiger charge is 2.37. The molecule has 1 unspecified atom stereocenters. The van der Waals surface area contributed by atoms with Gasteiger partial charge in [0.05, 0.1) is 44.4 Å². The zero-order valence-electron chi connectivity index (χ0n) is 31.1. The summed E-state index contributed by atoms with van der Waals surface area (Å²) in [5, 5.41) is 16.2. The third-order valence-electron chi connectivity index (χ3n) is 8.91. The molecule has 2 aromatic carbocycles. The number of hydrazine groups is 1. The average Bonchev–Trinajstić information content (AvgIpc) is 3.08. The molecular weight excluding hydrogens is 648 g/mol. The van der Waals surface area contributed by atoms with Crippen molar-refractivity contribution in [3.8, 4) is 11.3 Å². The van der Waals surface area contributed by atoms with Gasteiger partial charge in [-0.2, -0.15) is 0 Å². The van der Waals surface area contributed by atoms with Crippen LogP contribution in [0.1, 0.15) is 65.5 Å². The largest absolute Gasteiger partial charge is 0.469 e. The third kappa shape index (κ3) is 12.9. The van der Waals surface area contributed by atoms with Gasteiger partial charge in [0.1, 0.15) is 0 Å². The Morgan fingerprint density at radius 1 is 0.804 bits per heavy atom. The van der Waals surface area contributed by atoms with Crippen LogP contribution in [0.15, 0.2) is 79.0 Å². The molecule has 276 valence electrons. The second-order valence-corrected chi connectivity index (χ2v) is 15.1. The van der Waals surface area contributed by atoms with Crippen LogP contribution in [0.2, 0.25) is 0 Å². The second-order valence-electron chi connectivity index (χ2n) is 15.1. The van der Waals surface area contributed by atoms with Gasteiger partial charge in [0.25, 0.3) is 0 Å². The third-order valence-corrected chi connectivity index (χ3v) is 8.91. The number of alkyl carbamates (subject to hydrolysis) is 1. The zero-order valence-corrected chi connectivity index (χ0v) is 31.1. The van der Waals surface area contributed by atoms with Crippen molar-refractivity contribution in [2.24, 2.45) is 22.7 Å². The highest BCUT2D eigenvalue weighted by atomic mass is 16.5. The number of pyridine rings is 1. The van der Waals surface area contributed by atoms with Crippen LogP contribution in [0.3, 0.4) is 0 Å². The number of amides is 2. The number of esters is 1. The van der Waals surface area contributed by atoms with Crippen LogP contribution in [-0.4, -0.2) is 71.8 Å². The molecule has 0 saturated carbocycles. The van der Waals surface area contributed by atoms with E-state index in [4.69, 9.17) is 9.47 Å². The van der Waals surface area contributed by atoms with Crippen LogP contribution < -0.4 is 10.7 Å². The van der Waals surface area contributed by atoms with Gasteiger partial charge in [-0.05, 0) is 46.4 Å². The molecule has 0 aliphatic carbocycles. The van der Waals surface area contributed by atoms with E-state index in [1.807, 2.05) is 114 Å². The molecule has 3 rings (SSSR count). The maximum absolute atomic E-state index is 13.9. The fourth-order valence-corrected chi connectivity index (χ4v) is 5.93. The van der Waals surface area contributed by atoms with Crippen molar-refractivity contribution < 1.29 is 33.8 Å². The van der Waals surface area contributed by atoms with Crippen molar-refractivity contribution in [1.82, 2.24) is 20.7 Å². The summed E-state index contributed by atoms with van der Waals surface area (Å²) in [6.07, 6.45) is 0.133. The molecule has 3 aromatic rings. The van der Waals surface area contributed by atoms with Crippen LogP contribution in [0.5, 0.6) is 0 Å². The fraction of sp³-hybridized carbons (Fsp3) is 0.475. The lowest BCUT2D eigenvalue weighted by Gasteiger charge is -2.35. The summed E-state index contributed by atoms with van der Waals surface area (Å²) in [5.74, 6) is -2.45. The van der Waals surface area contributed by atoms with Crippen molar-refractivity contribution in [3.05, 3.63) is 90.1 Å². The molecule has 2 amide bonds. The number of ether oxygens (including phenoxy) is 2. The van der Waals surface area contributed by atoms with Crippen LogP contribution in [0.25, 0.3) is 11.3 Å². The van der Waals surface area contributed by atoms with E-state index in [-0.39, 0.29) is 31.7 Å². The molecule has 0 aliphatic heterocycles. The summed E-state index contributed by atoms with van der Waals surface area (Å²) < 4.78 is 9.69. The molecule has 0 radical (unpaired) electrons. The second kappa shape index (κ2) is 18.6. The average molecular weight is 703 g/mol. The number of rotatable bonds is 16. The number of carbonyl (C=O) groups excluding carboxylic acids is 4. The van der Waals surface area contributed by atoms with Crippen molar-refractivity contribution in [3.63, 3.8) is 0 Å². The van der Waals surface area contributed by atoms with E-state index in [0.717, 1.165) is 22.4 Å². The van der Waals surface area contributed by atoms with Gasteiger partial charge in [0, 0.05) is 31.3 Å². The van der Waals surface area contributed by atoms with Crippen molar-refractivity contribution >= 4 is 23.8 Å². The number of hydrogen-bond donors (Lipinski definition) is 3.